The summed E-state index contributed by atoms with van der Waals surface area (Å²) < 4.78 is 0. The maximum absolute atomic E-state index is 11.4. The average molecular weight is 658 g/mol. The zero-order valence-corrected chi connectivity index (χ0v) is 29.2. The SMILES string of the molecule is CCc1cc(=O)[nH]c2ccc(C)c(Cl)c12.Cc1ccc2[nH]c(=O)cc(C(C)C)c2c1.Cc1ccc2cc(O)cc(C(C)C)c2c1Cl. The maximum Gasteiger partial charge on any atom is 0.248 e. The number of benzene rings is 4. The van der Waals surface area contributed by atoms with E-state index in [1.807, 2.05) is 57.2 Å². The zero-order valence-electron chi connectivity index (χ0n) is 27.7. The van der Waals surface area contributed by atoms with Crippen molar-refractivity contribution in [2.24, 2.45) is 0 Å². The van der Waals surface area contributed by atoms with Crippen LogP contribution in [0, 0.1) is 20.8 Å². The van der Waals surface area contributed by atoms with Gasteiger partial charge in [0, 0.05) is 33.8 Å². The van der Waals surface area contributed by atoms with Crippen molar-refractivity contribution < 1.29 is 5.11 Å². The lowest BCUT2D eigenvalue weighted by Gasteiger charge is -2.13. The molecule has 0 atom stereocenters. The molecule has 3 N–H and O–H groups in total. The van der Waals surface area contributed by atoms with Gasteiger partial charge in [-0.15, -0.1) is 0 Å². The molecule has 0 spiro atoms. The van der Waals surface area contributed by atoms with E-state index in [-0.39, 0.29) is 11.1 Å². The Morgan fingerprint density at radius 2 is 1.24 bits per heavy atom. The second-order valence-electron chi connectivity index (χ2n) is 12.4. The third kappa shape index (κ3) is 7.66. The van der Waals surface area contributed by atoms with Gasteiger partial charge in [0.15, 0.2) is 0 Å². The lowest BCUT2D eigenvalue weighted by atomic mass is 9.94. The number of aromatic nitrogens is 2. The number of pyridine rings is 2. The Bertz CT molecular complexity index is 2160. The summed E-state index contributed by atoms with van der Waals surface area (Å²) in [7, 11) is 0. The van der Waals surface area contributed by atoms with Crippen molar-refractivity contribution in [3.05, 3.63) is 131 Å². The van der Waals surface area contributed by atoms with Crippen molar-refractivity contribution in [2.75, 3.05) is 0 Å². The molecule has 0 radical (unpaired) electrons. The predicted molar refractivity (Wildman–Crippen MR) is 197 cm³/mol. The first-order chi connectivity index (χ1) is 21.7. The lowest BCUT2D eigenvalue weighted by Crippen LogP contribution is -2.07. The number of H-pyrrole nitrogens is 2. The Kier molecular flexibility index (Phi) is 11.0. The predicted octanol–water partition coefficient (Wildman–Crippen LogP) is 10.6. The van der Waals surface area contributed by atoms with Crippen LogP contribution in [0.25, 0.3) is 32.6 Å². The summed E-state index contributed by atoms with van der Waals surface area (Å²) in [5.74, 6) is 1.02. The molecule has 2 heterocycles. The molecule has 46 heavy (non-hydrogen) atoms. The average Bonchev–Trinajstić information content (AvgIpc) is 3.00. The molecule has 6 rings (SSSR count). The van der Waals surface area contributed by atoms with Crippen LogP contribution in [0.2, 0.25) is 10.0 Å². The maximum atomic E-state index is 11.4. The highest BCUT2D eigenvalue weighted by Crippen LogP contribution is 2.36. The van der Waals surface area contributed by atoms with Gasteiger partial charge in [0.05, 0.1) is 15.6 Å². The van der Waals surface area contributed by atoms with E-state index in [4.69, 9.17) is 23.2 Å². The molecule has 0 fully saturated rings. The number of aromatic hydroxyl groups is 1. The summed E-state index contributed by atoms with van der Waals surface area (Å²) in [5.41, 5.74) is 8.20. The van der Waals surface area contributed by atoms with E-state index in [0.717, 1.165) is 76.9 Å². The van der Waals surface area contributed by atoms with Crippen molar-refractivity contribution in [2.45, 2.75) is 73.6 Å². The number of hydrogen-bond acceptors (Lipinski definition) is 3. The third-order valence-corrected chi connectivity index (χ3v) is 9.11. The molecule has 5 nitrogen and oxygen atoms in total. The van der Waals surface area contributed by atoms with Gasteiger partial charge in [0.25, 0.3) is 0 Å². The molecule has 0 aliphatic rings. The Morgan fingerprint density at radius 1 is 0.674 bits per heavy atom. The van der Waals surface area contributed by atoms with Crippen LogP contribution in [0.15, 0.2) is 76.3 Å². The molecule has 0 amide bonds. The molecule has 0 aliphatic heterocycles. The number of rotatable bonds is 3. The van der Waals surface area contributed by atoms with E-state index in [0.29, 0.717) is 17.6 Å². The van der Waals surface area contributed by atoms with Crippen molar-refractivity contribution >= 4 is 55.8 Å². The molecule has 240 valence electrons. The summed E-state index contributed by atoms with van der Waals surface area (Å²) >= 11 is 12.6. The van der Waals surface area contributed by atoms with Gasteiger partial charge in [0.2, 0.25) is 11.1 Å². The Hall–Kier alpha value is -4.06. The number of fused-ring (bicyclic) bond motifs is 3. The van der Waals surface area contributed by atoms with Crippen LogP contribution in [-0.4, -0.2) is 15.1 Å². The van der Waals surface area contributed by atoms with E-state index in [2.05, 4.69) is 50.7 Å². The van der Waals surface area contributed by atoms with Crippen molar-refractivity contribution in [1.82, 2.24) is 9.97 Å². The fourth-order valence-electron chi connectivity index (χ4n) is 5.64. The van der Waals surface area contributed by atoms with Crippen molar-refractivity contribution in [1.29, 1.82) is 0 Å². The van der Waals surface area contributed by atoms with Crippen LogP contribution < -0.4 is 11.1 Å². The first kappa shape index (κ1) is 34.8. The molecule has 0 saturated heterocycles. The number of phenolic OH excluding ortho intramolecular Hbond substituents is 1. The number of phenols is 1. The Balaban J connectivity index is 0.000000157. The van der Waals surface area contributed by atoms with Gasteiger partial charge in [-0.2, -0.15) is 0 Å². The van der Waals surface area contributed by atoms with Crippen molar-refractivity contribution in [3.8, 4) is 5.75 Å². The van der Waals surface area contributed by atoms with E-state index in [9.17, 15) is 14.7 Å². The molecular weight excluding hydrogens is 615 g/mol. The normalized spacial score (nSPS) is 11.1. The number of halogens is 2. The molecule has 0 saturated carbocycles. The smallest absolute Gasteiger partial charge is 0.248 e. The first-order valence-electron chi connectivity index (χ1n) is 15.6. The summed E-state index contributed by atoms with van der Waals surface area (Å²) in [5, 5.41) is 15.4. The second kappa shape index (κ2) is 14.6. The lowest BCUT2D eigenvalue weighted by molar-refractivity contribution is 0.475. The third-order valence-electron chi connectivity index (χ3n) is 8.14. The van der Waals surface area contributed by atoms with E-state index in [1.54, 1.807) is 24.3 Å². The molecule has 6 aromatic rings. The highest BCUT2D eigenvalue weighted by Gasteiger charge is 2.12. The molecule has 0 aliphatic carbocycles. The van der Waals surface area contributed by atoms with E-state index >= 15 is 0 Å². The fourth-order valence-corrected chi connectivity index (χ4v) is 6.21. The molecule has 4 aromatic carbocycles. The summed E-state index contributed by atoms with van der Waals surface area (Å²) in [6, 6.07) is 20.8. The Labute approximate surface area is 280 Å². The number of hydrogen-bond donors (Lipinski definition) is 3. The van der Waals surface area contributed by atoms with Gasteiger partial charge in [-0.1, -0.05) is 87.6 Å². The summed E-state index contributed by atoms with van der Waals surface area (Å²) in [6.07, 6.45) is 0.809. The minimum atomic E-state index is -0.0701. The van der Waals surface area contributed by atoms with E-state index < -0.39 is 0 Å². The van der Waals surface area contributed by atoms with Crippen molar-refractivity contribution in [3.63, 3.8) is 0 Å². The molecule has 0 bridgehead atoms. The molecule has 7 heteroatoms. The van der Waals surface area contributed by atoms with Crippen LogP contribution in [-0.2, 0) is 6.42 Å². The van der Waals surface area contributed by atoms with Crippen LogP contribution in [0.5, 0.6) is 5.75 Å². The number of nitrogens with one attached hydrogen (secondary N) is 2. The fraction of sp³-hybridized carbons (Fsp3) is 0.282. The standard InChI is InChI=1S/C14H15ClO.C13H15NO.C12H12ClNO/c1-8(2)12-7-11(16)6-10-5-4-9(3)14(15)13(10)12;1-8(2)10-7-13(15)14-12-5-4-9(3)6-11(10)12;1-3-8-6-10(15)14-9-5-4-7(2)12(13)11(8)9/h4-8,16H,1-3H3;4-8H,1-3H3,(H,14,15);4-6H,3H2,1-2H3,(H,14,15). The highest BCUT2D eigenvalue weighted by atomic mass is 35.5. The van der Waals surface area contributed by atoms with Gasteiger partial charge in [0.1, 0.15) is 5.75 Å². The van der Waals surface area contributed by atoms with Gasteiger partial charge in [-0.25, -0.2) is 0 Å². The largest absolute Gasteiger partial charge is 0.508 e. The summed E-state index contributed by atoms with van der Waals surface area (Å²) in [4.78, 5) is 28.4. The first-order valence-corrected chi connectivity index (χ1v) is 16.3. The zero-order chi connectivity index (χ0) is 33.9. The minimum absolute atomic E-state index is 0.0185. The van der Waals surface area contributed by atoms with Crippen LogP contribution in [0.1, 0.15) is 79.8 Å². The van der Waals surface area contributed by atoms with Crippen LogP contribution in [0.4, 0.5) is 0 Å². The van der Waals surface area contributed by atoms with Gasteiger partial charge in [-0.05, 0) is 103 Å². The quantitative estimate of drug-likeness (QED) is 0.177. The van der Waals surface area contributed by atoms with Crippen LogP contribution >= 0.6 is 23.2 Å². The van der Waals surface area contributed by atoms with E-state index in [1.165, 1.54) is 5.56 Å². The number of aryl methyl sites for hydroxylation is 4. The second-order valence-corrected chi connectivity index (χ2v) is 13.2. The minimum Gasteiger partial charge on any atom is -0.508 e. The molecular formula is C39H42Cl2N2O3. The Morgan fingerprint density at radius 3 is 1.87 bits per heavy atom. The number of aromatic amines is 2. The van der Waals surface area contributed by atoms with Gasteiger partial charge in [-0.3, -0.25) is 9.59 Å². The van der Waals surface area contributed by atoms with Gasteiger partial charge < -0.3 is 15.1 Å². The van der Waals surface area contributed by atoms with Crippen LogP contribution in [0.3, 0.4) is 0 Å². The molecule has 2 aromatic heterocycles. The summed E-state index contributed by atoms with van der Waals surface area (Å²) in [6.45, 7) is 16.5. The highest BCUT2D eigenvalue weighted by molar-refractivity contribution is 6.37. The van der Waals surface area contributed by atoms with Gasteiger partial charge >= 0.3 is 0 Å². The topological polar surface area (TPSA) is 86.0 Å². The molecule has 0 unspecified atom stereocenters. The monoisotopic (exact) mass is 656 g/mol.